The molecule has 1 saturated heterocycles. The lowest BCUT2D eigenvalue weighted by Crippen LogP contribution is -2.33. The van der Waals surface area contributed by atoms with Crippen LogP contribution in [0.5, 0.6) is 11.5 Å². The molecule has 250 valence electrons. The van der Waals surface area contributed by atoms with E-state index in [4.69, 9.17) is 21.3 Å². The molecule has 1 aliphatic heterocycles. The van der Waals surface area contributed by atoms with E-state index < -0.39 is 0 Å². The number of ether oxygens (including phenoxy) is 1. The van der Waals surface area contributed by atoms with Gasteiger partial charge in [-0.2, -0.15) is 5.26 Å². The normalized spacial score (nSPS) is 14.2. The SMILES string of the molecule is CCCCCc1nc(C2CCN(CCCCc3cn(C(C)C)c4ccc(C#N)cc34)CC2)cn1-c1ccc(Oc2ccc(Cl)cc2)cc1. The average molecular weight is 662 g/mol. The monoisotopic (exact) mass is 661 g/mol. The van der Waals surface area contributed by atoms with E-state index >= 15 is 0 Å². The highest BCUT2D eigenvalue weighted by molar-refractivity contribution is 6.30. The molecule has 1 fully saturated rings. The average Bonchev–Trinajstić information content (AvgIpc) is 3.70. The Morgan fingerprint density at radius 1 is 0.896 bits per heavy atom. The van der Waals surface area contributed by atoms with Crippen molar-refractivity contribution in [2.45, 2.75) is 90.5 Å². The summed E-state index contributed by atoms with van der Waals surface area (Å²) >= 11 is 6.03. The minimum Gasteiger partial charge on any atom is -0.457 e. The first kappa shape index (κ1) is 33.8. The molecule has 48 heavy (non-hydrogen) atoms. The summed E-state index contributed by atoms with van der Waals surface area (Å²) in [6.07, 6.45) is 14.9. The van der Waals surface area contributed by atoms with Crippen LogP contribution < -0.4 is 4.74 Å². The zero-order valence-electron chi connectivity index (χ0n) is 28.7. The molecule has 0 bridgehead atoms. The Kier molecular flexibility index (Phi) is 11.2. The quantitative estimate of drug-likeness (QED) is 0.111. The molecule has 3 heterocycles. The molecule has 1 aliphatic rings. The van der Waals surface area contributed by atoms with Crippen LogP contribution in [-0.4, -0.2) is 38.7 Å². The molecular weight excluding hydrogens is 614 g/mol. The summed E-state index contributed by atoms with van der Waals surface area (Å²) in [5, 5.41) is 11.4. The van der Waals surface area contributed by atoms with Crippen LogP contribution in [0.25, 0.3) is 16.6 Å². The Labute approximate surface area is 290 Å². The van der Waals surface area contributed by atoms with Crippen LogP contribution in [0.4, 0.5) is 0 Å². The predicted molar refractivity (Wildman–Crippen MR) is 197 cm³/mol. The minimum absolute atomic E-state index is 0.398. The van der Waals surface area contributed by atoms with E-state index in [-0.39, 0.29) is 0 Å². The molecular formula is C41H48ClN5O. The van der Waals surface area contributed by atoms with Crippen molar-refractivity contribution in [1.29, 1.82) is 5.26 Å². The van der Waals surface area contributed by atoms with Crippen molar-refractivity contribution in [1.82, 2.24) is 19.0 Å². The van der Waals surface area contributed by atoms with Crippen molar-refractivity contribution in [3.63, 3.8) is 0 Å². The Balaban J connectivity index is 1.04. The molecule has 0 N–H and O–H groups in total. The molecule has 7 heteroatoms. The number of nitriles is 1. The highest BCUT2D eigenvalue weighted by Crippen LogP contribution is 2.31. The van der Waals surface area contributed by atoms with Gasteiger partial charge < -0.3 is 18.8 Å². The van der Waals surface area contributed by atoms with Gasteiger partial charge in [-0.15, -0.1) is 0 Å². The Hall–Kier alpha value is -4.05. The smallest absolute Gasteiger partial charge is 0.127 e. The van der Waals surface area contributed by atoms with Crippen LogP contribution in [0.3, 0.4) is 0 Å². The first-order chi connectivity index (χ1) is 23.4. The van der Waals surface area contributed by atoms with Crippen LogP contribution in [-0.2, 0) is 12.8 Å². The maximum absolute atomic E-state index is 9.45. The highest BCUT2D eigenvalue weighted by atomic mass is 35.5. The third-order valence-electron chi connectivity index (χ3n) is 9.74. The number of unbranched alkanes of at least 4 members (excludes halogenated alkanes) is 3. The van der Waals surface area contributed by atoms with E-state index in [1.165, 1.54) is 41.4 Å². The van der Waals surface area contributed by atoms with Gasteiger partial charge in [-0.1, -0.05) is 31.4 Å². The van der Waals surface area contributed by atoms with Crippen LogP contribution in [0, 0.1) is 11.3 Å². The van der Waals surface area contributed by atoms with Gasteiger partial charge in [0.05, 0.1) is 17.3 Å². The molecule has 5 aromatic rings. The summed E-state index contributed by atoms with van der Waals surface area (Å²) in [5.41, 5.74) is 5.70. The number of imidazole rings is 1. The van der Waals surface area contributed by atoms with E-state index in [0.29, 0.717) is 17.0 Å². The van der Waals surface area contributed by atoms with Crippen molar-refractivity contribution in [3.05, 3.63) is 107 Å². The number of likely N-dealkylation sites (tertiary alicyclic amines) is 1. The lowest BCUT2D eigenvalue weighted by Gasteiger charge is -2.31. The van der Waals surface area contributed by atoms with Gasteiger partial charge in [-0.25, -0.2) is 4.98 Å². The van der Waals surface area contributed by atoms with Gasteiger partial charge in [0.1, 0.15) is 17.3 Å². The molecule has 0 radical (unpaired) electrons. The number of nitrogens with zero attached hydrogens (tertiary/aromatic N) is 5. The second-order valence-corrected chi connectivity index (χ2v) is 14.0. The van der Waals surface area contributed by atoms with Gasteiger partial charge in [0.2, 0.25) is 0 Å². The van der Waals surface area contributed by atoms with Crippen molar-refractivity contribution in [2.75, 3.05) is 19.6 Å². The summed E-state index contributed by atoms with van der Waals surface area (Å²) in [6.45, 7) is 10.1. The third kappa shape index (κ3) is 8.14. The second-order valence-electron chi connectivity index (χ2n) is 13.5. The summed E-state index contributed by atoms with van der Waals surface area (Å²) in [6, 6.07) is 24.6. The molecule has 0 spiro atoms. The first-order valence-electron chi connectivity index (χ1n) is 17.8. The second kappa shape index (κ2) is 15.9. The molecule has 6 nitrogen and oxygen atoms in total. The van der Waals surface area contributed by atoms with E-state index in [1.807, 2.05) is 42.5 Å². The topological polar surface area (TPSA) is 59.0 Å². The zero-order valence-corrected chi connectivity index (χ0v) is 29.4. The van der Waals surface area contributed by atoms with Crippen LogP contribution in [0.2, 0.25) is 5.02 Å². The molecule has 3 aromatic carbocycles. The maximum atomic E-state index is 9.45. The van der Waals surface area contributed by atoms with E-state index in [1.54, 1.807) is 0 Å². The minimum atomic E-state index is 0.398. The third-order valence-corrected chi connectivity index (χ3v) is 10.00. The zero-order chi connectivity index (χ0) is 33.5. The fraction of sp³-hybridized carbons (Fsp3) is 0.415. The van der Waals surface area contributed by atoms with Crippen LogP contribution in [0.15, 0.2) is 79.1 Å². The molecule has 0 unspecified atom stereocenters. The number of fused-ring (bicyclic) bond motifs is 1. The maximum Gasteiger partial charge on any atom is 0.127 e. The number of piperidine rings is 1. The number of aromatic nitrogens is 3. The number of rotatable bonds is 14. The van der Waals surface area contributed by atoms with Gasteiger partial charge in [0.25, 0.3) is 0 Å². The molecule has 6 rings (SSSR count). The fourth-order valence-corrected chi connectivity index (χ4v) is 7.13. The van der Waals surface area contributed by atoms with Gasteiger partial charge in [-0.3, -0.25) is 0 Å². The van der Waals surface area contributed by atoms with Gasteiger partial charge in [0, 0.05) is 52.4 Å². The van der Waals surface area contributed by atoms with Gasteiger partial charge in [-0.05, 0) is 144 Å². The largest absolute Gasteiger partial charge is 0.457 e. The number of hydrogen-bond donors (Lipinski definition) is 0. The number of aryl methyl sites for hydroxylation is 2. The molecule has 0 atom stereocenters. The Bertz CT molecular complexity index is 1820. The van der Waals surface area contributed by atoms with Crippen LogP contribution >= 0.6 is 11.6 Å². The number of hydrogen-bond acceptors (Lipinski definition) is 4. The Morgan fingerprint density at radius 3 is 2.29 bits per heavy atom. The summed E-state index contributed by atoms with van der Waals surface area (Å²) in [5.74, 6) is 3.23. The fourth-order valence-electron chi connectivity index (χ4n) is 7.01. The van der Waals surface area contributed by atoms with Crippen molar-refractivity contribution < 1.29 is 4.74 Å². The highest BCUT2D eigenvalue weighted by Gasteiger charge is 2.24. The standard InChI is InChI=1S/C41H48ClN5O/c1-4-5-6-10-41-44-39(29-47(41)35-14-18-37(19-15-35)48-36-16-12-34(42)13-17-36)32-21-24-45(25-22-32)23-8-7-9-33-28-46(30(2)3)40-20-11-31(27-43)26-38(33)40/h11-20,26,28-30,32H,4-10,21-25H2,1-3H3. The molecule has 0 amide bonds. The van der Waals surface area contributed by atoms with E-state index in [2.05, 4.69) is 77.5 Å². The van der Waals surface area contributed by atoms with Crippen molar-refractivity contribution in [2.24, 2.45) is 0 Å². The van der Waals surface area contributed by atoms with Gasteiger partial charge >= 0.3 is 0 Å². The van der Waals surface area contributed by atoms with E-state index in [0.717, 1.165) is 86.7 Å². The Morgan fingerprint density at radius 2 is 1.60 bits per heavy atom. The predicted octanol–water partition coefficient (Wildman–Crippen LogP) is 10.7. The molecule has 0 saturated carbocycles. The summed E-state index contributed by atoms with van der Waals surface area (Å²) in [4.78, 5) is 7.88. The number of halogens is 1. The van der Waals surface area contributed by atoms with E-state index in [9.17, 15) is 5.26 Å². The van der Waals surface area contributed by atoms with Crippen molar-refractivity contribution in [3.8, 4) is 23.3 Å². The summed E-state index contributed by atoms with van der Waals surface area (Å²) in [7, 11) is 0. The lowest BCUT2D eigenvalue weighted by atomic mass is 9.94. The molecule has 0 aliphatic carbocycles. The lowest BCUT2D eigenvalue weighted by molar-refractivity contribution is 0.207. The number of benzene rings is 3. The van der Waals surface area contributed by atoms with Crippen molar-refractivity contribution >= 4 is 22.5 Å². The first-order valence-corrected chi connectivity index (χ1v) is 18.2. The van der Waals surface area contributed by atoms with Gasteiger partial charge in [0.15, 0.2) is 0 Å². The van der Waals surface area contributed by atoms with Crippen LogP contribution in [0.1, 0.15) is 100 Å². The summed E-state index contributed by atoms with van der Waals surface area (Å²) < 4.78 is 10.7. The molecule has 2 aromatic heterocycles.